The second-order valence-corrected chi connectivity index (χ2v) is 7.53. The Labute approximate surface area is 180 Å². The average Bonchev–Trinajstić information content (AvgIpc) is 3.14. The summed E-state index contributed by atoms with van der Waals surface area (Å²) in [7, 11) is 0. The fourth-order valence-electron chi connectivity index (χ4n) is 3.76. The first-order valence-corrected chi connectivity index (χ1v) is 10.3. The predicted molar refractivity (Wildman–Crippen MR) is 117 cm³/mol. The highest BCUT2D eigenvalue weighted by Crippen LogP contribution is 2.30. The van der Waals surface area contributed by atoms with Crippen LogP contribution < -0.4 is 10.7 Å². The van der Waals surface area contributed by atoms with Crippen LogP contribution in [0.3, 0.4) is 0 Å². The molecule has 0 aliphatic heterocycles. The van der Waals surface area contributed by atoms with Crippen molar-refractivity contribution in [3.63, 3.8) is 0 Å². The van der Waals surface area contributed by atoms with Crippen LogP contribution in [0.5, 0.6) is 0 Å². The summed E-state index contributed by atoms with van der Waals surface area (Å²) < 4.78 is 5.90. The number of amides is 2. The Hall–Kier alpha value is -3.74. The summed E-state index contributed by atoms with van der Waals surface area (Å²) >= 11 is 0. The number of fused-ring (bicyclic) bond motifs is 1. The van der Waals surface area contributed by atoms with Gasteiger partial charge in [0.1, 0.15) is 5.76 Å². The Balaban J connectivity index is 1.52. The van der Waals surface area contributed by atoms with Gasteiger partial charge < -0.3 is 9.73 Å². The molecule has 158 valence electrons. The first-order valence-electron chi connectivity index (χ1n) is 10.3. The van der Waals surface area contributed by atoms with Crippen molar-refractivity contribution in [1.82, 2.24) is 15.7 Å². The first-order chi connectivity index (χ1) is 15.0. The smallest absolute Gasteiger partial charge is 0.287 e. The Morgan fingerprint density at radius 1 is 1.06 bits per heavy atom. The third kappa shape index (κ3) is 4.40. The monoisotopic (exact) mass is 416 g/mol. The lowest BCUT2D eigenvalue weighted by atomic mass is 9.93. The fourth-order valence-corrected chi connectivity index (χ4v) is 3.76. The molecule has 0 bridgehead atoms. The second kappa shape index (κ2) is 8.95. The molecule has 0 unspecified atom stereocenters. The van der Waals surface area contributed by atoms with E-state index in [4.69, 9.17) is 4.42 Å². The molecule has 31 heavy (non-hydrogen) atoms. The number of nitrogens with one attached hydrogen (secondary N) is 2. The minimum atomic E-state index is -0.291. The van der Waals surface area contributed by atoms with E-state index < -0.39 is 0 Å². The molecule has 1 aliphatic carbocycles. The maximum atomic E-state index is 12.7. The standard InChI is InChI=1S/C24H24N4O3/c1-15-8-3-4-10-18(15)23(29)28-27-19-11-7-12-20-21(19)16(2)22(31-20)24(30)26-14-17-9-5-6-13-25-17/h3-6,8-10,13H,7,11-12,14H2,1-2H3,(H,26,30)(H,28,29)/b27-19+. The summed E-state index contributed by atoms with van der Waals surface area (Å²) in [6.07, 6.45) is 3.96. The maximum absolute atomic E-state index is 12.7. The highest BCUT2D eigenvalue weighted by Gasteiger charge is 2.28. The summed E-state index contributed by atoms with van der Waals surface area (Å²) in [5, 5.41) is 7.24. The van der Waals surface area contributed by atoms with Crippen molar-refractivity contribution in [2.24, 2.45) is 5.10 Å². The summed E-state index contributed by atoms with van der Waals surface area (Å²) in [6.45, 7) is 4.05. The molecule has 3 aromatic rings. The van der Waals surface area contributed by atoms with Crippen LogP contribution in [0.1, 0.15) is 61.9 Å². The van der Waals surface area contributed by atoms with E-state index in [1.165, 1.54) is 0 Å². The Morgan fingerprint density at radius 2 is 1.87 bits per heavy atom. The van der Waals surface area contributed by atoms with E-state index in [0.717, 1.165) is 46.7 Å². The minimum Gasteiger partial charge on any atom is -0.455 e. The molecule has 2 amide bonds. The largest absolute Gasteiger partial charge is 0.455 e. The number of benzene rings is 1. The Bertz CT molecular complexity index is 1150. The van der Waals surface area contributed by atoms with E-state index in [2.05, 4.69) is 20.8 Å². The van der Waals surface area contributed by atoms with Gasteiger partial charge in [0.25, 0.3) is 11.8 Å². The minimum absolute atomic E-state index is 0.257. The predicted octanol–water partition coefficient (Wildman–Crippen LogP) is 3.69. The van der Waals surface area contributed by atoms with Gasteiger partial charge in [0, 0.05) is 29.3 Å². The fraction of sp³-hybridized carbons (Fsp3) is 0.250. The van der Waals surface area contributed by atoms with Crippen LogP contribution in [0.25, 0.3) is 0 Å². The molecular formula is C24H24N4O3. The van der Waals surface area contributed by atoms with E-state index in [-0.39, 0.29) is 17.6 Å². The SMILES string of the molecule is Cc1ccccc1C(=O)N/N=C1\CCCc2oc(C(=O)NCc3ccccn3)c(C)c21. The van der Waals surface area contributed by atoms with Gasteiger partial charge in [-0.1, -0.05) is 24.3 Å². The molecule has 2 heterocycles. The molecule has 2 N–H and O–H groups in total. The summed E-state index contributed by atoms with van der Waals surface area (Å²) in [5.74, 6) is 0.462. The molecule has 0 spiro atoms. The Morgan fingerprint density at radius 3 is 2.65 bits per heavy atom. The van der Waals surface area contributed by atoms with Gasteiger partial charge in [-0.3, -0.25) is 14.6 Å². The molecule has 4 rings (SSSR count). The number of hydrazone groups is 1. The van der Waals surface area contributed by atoms with Crippen LogP contribution >= 0.6 is 0 Å². The molecule has 7 nitrogen and oxygen atoms in total. The van der Waals surface area contributed by atoms with E-state index in [1.807, 2.05) is 50.2 Å². The van der Waals surface area contributed by atoms with E-state index in [0.29, 0.717) is 18.5 Å². The third-order valence-corrected chi connectivity index (χ3v) is 5.37. The maximum Gasteiger partial charge on any atom is 0.287 e. The number of hydrogen-bond donors (Lipinski definition) is 2. The molecule has 0 saturated heterocycles. The molecule has 0 saturated carbocycles. The number of hydrogen-bond acceptors (Lipinski definition) is 5. The van der Waals surface area contributed by atoms with Gasteiger partial charge in [0.2, 0.25) is 0 Å². The van der Waals surface area contributed by atoms with Crippen molar-refractivity contribution in [3.8, 4) is 0 Å². The molecule has 7 heteroatoms. The van der Waals surface area contributed by atoms with Crippen LogP contribution in [0.4, 0.5) is 0 Å². The number of aromatic nitrogens is 1. The average molecular weight is 416 g/mol. The number of rotatable bonds is 5. The zero-order valence-corrected chi connectivity index (χ0v) is 17.6. The van der Waals surface area contributed by atoms with Gasteiger partial charge in [0.05, 0.1) is 18.0 Å². The first kappa shape index (κ1) is 20.5. The molecule has 0 fully saturated rings. The van der Waals surface area contributed by atoms with Crippen molar-refractivity contribution >= 4 is 17.5 Å². The lowest BCUT2D eigenvalue weighted by molar-refractivity contribution is 0.0918. The number of nitrogens with zero attached hydrogens (tertiary/aromatic N) is 2. The quantitative estimate of drug-likeness (QED) is 0.620. The number of furan rings is 1. The van der Waals surface area contributed by atoms with Crippen molar-refractivity contribution in [2.75, 3.05) is 0 Å². The zero-order chi connectivity index (χ0) is 21.8. The zero-order valence-electron chi connectivity index (χ0n) is 17.6. The topological polar surface area (TPSA) is 96.6 Å². The molecule has 0 radical (unpaired) electrons. The van der Waals surface area contributed by atoms with Crippen molar-refractivity contribution in [3.05, 3.63) is 88.1 Å². The highest BCUT2D eigenvalue weighted by atomic mass is 16.4. The number of carbonyl (C=O) groups excluding carboxylic acids is 2. The molecule has 0 atom stereocenters. The normalized spacial score (nSPS) is 14.2. The molecule has 1 aromatic carbocycles. The van der Waals surface area contributed by atoms with Crippen LogP contribution in [0.2, 0.25) is 0 Å². The number of aryl methyl sites for hydroxylation is 2. The number of pyridine rings is 1. The molecular weight excluding hydrogens is 392 g/mol. The summed E-state index contributed by atoms with van der Waals surface area (Å²) in [6, 6.07) is 12.9. The molecule has 2 aromatic heterocycles. The highest BCUT2D eigenvalue weighted by molar-refractivity contribution is 6.07. The van der Waals surface area contributed by atoms with Crippen molar-refractivity contribution in [2.45, 2.75) is 39.7 Å². The lowest BCUT2D eigenvalue weighted by Crippen LogP contribution is -2.24. The van der Waals surface area contributed by atoms with E-state index in [9.17, 15) is 9.59 Å². The van der Waals surface area contributed by atoms with Crippen LogP contribution in [0.15, 0.2) is 58.2 Å². The summed E-state index contributed by atoms with van der Waals surface area (Å²) in [4.78, 5) is 29.4. The van der Waals surface area contributed by atoms with Crippen molar-refractivity contribution in [1.29, 1.82) is 0 Å². The van der Waals surface area contributed by atoms with Crippen LogP contribution in [-0.2, 0) is 13.0 Å². The van der Waals surface area contributed by atoms with Gasteiger partial charge in [-0.05, 0) is 50.5 Å². The van der Waals surface area contributed by atoms with E-state index in [1.54, 1.807) is 12.3 Å². The van der Waals surface area contributed by atoms with Crippen LogP contribution in [0, 0.1) is 13.8 Å². The van der Waals surface area contributed by atoms with Gasteiger partial charge in [0.15, 0.2) is 5.76 Å². The Kier molecular flexibility index (Phi) is 5.93. The third-order valence-electron chi connectivity index (χ3n) is 5.37. The van der Waals surface area contributed by atoms with Gasteiger partial charge in [-0.15, -0.1) is 0 Å². The lowest BCUT2D eigenvalue weighted by Gasteiger charge is -2.13. The van der Waals surface area contributed by atoms with Crippen LogP contribution in [-0.4, -0.2) is 22.5 Å². The van der Waals surface area contributed by atoms with Gasteiger partial charge in [-0.25, -0.2) is 5.43 Å². The van der Waals surface area contributed by atoms with Gasteiger partial charge in [-0.2, -0.15) is 5.10 Å². The summed E-state index contributed by atoms with van der Waals surface area (Å²) in [5.41, 5.74) is 7.18. The molecule has 1 aliphatic rings. The van der Waals surface area contributed by atoms with E-state index >= 15 is 0 Å². The van der Waals surface area contributed by atoms with Crippen molar-refractivity contribution < 1.29 is 14.0 Å². The van der Waals surface area contributed by atoms with Gasteiger partial charge >= 0.3 is 0 Å². The second-order valence-electron chi connectivity index (χ2n) is 7.53. The number of carbonyl (C=O) groups is 2.